The summed E-state index contributed by atoms with van der Waals surface area (Å²) in [5, 5.41) is 5.43. The van der Waals surface area contributed by atoms with Gasteiger partial charge < -0.3 is 4.74 Å². The Morgan fingerprint density at radius 3 is 0.875 bits per heavy atom. The molecule has 266 valence electrons. The molecular weight excluding hydrogens is 699 g/mol. The molecule has 0 aliphatic carbocycles. The van der Waals surface area contributed by atoms with E-state index in [9.17, 15) is 0 Å². The van der Waals surface area contributed by atoms with Gasteiger partial charge >= 0.3 is 0 Å². The highest BCUT2D eigenvalue weighted by atomic mass is 28.3. The summed E-state index contributed by atoms with van der Waals surface area (Å²) in [7, 11) is -2.57. The smallest absolute Gasteiger partial charge is 0.179 e. The van der Waals surface area contributed by atoms with Crippen LogP contribution in [0.2, 0.25) is 0 Å². The summed E-state index contributed by atoms with van der Waals surface area (Å²) in [4.78, 5) is 14.5. The number of benzene rings is 8. The predicted octanol–water partition coefficient (Wildman–Crippen LogP) is 9.71. The van der Waals surface area contributed by atoms with Gasteiger partial charge in [0.1, 0.15) is 11.5 Å². The van der Waals surface area contributed by atoms with Crippen molar-refractivity contribution in [1.82, 2.24) is 15.0 Å². The Balaban J connectivity index is 0.971. The lowest BCUT2D eigenvalue weighted by Gasteiger charge is -2.34. The van der Waals surface area contributed by atoms with E-state index in [0.717, 1.165) is 39.3 Å². The van der Waals surface area contributed by atoms with Crippen molar-refractivity contribution in [2.24, 2.45) is 0 Å². The van der Waals surface area contributed by atoms with Gasteiger partial charge in [-0.1, -0.05) is 188 Å². The maximum atomic E-state index is 6.31. The molecule has 9 aromatic rings. The minimum Gasteiger partial charge on any atom is -0.457 e. The zero-order valence-corrected chi connectivity index (χ0v) is 31.6. The van der Waals surface area contributed by atoms with Crippen LogP contribution in [0.15, 0.2) is 224 Å². The van der Waals surface area contributed by atoms with Crippen molar-refractivity contribution in [3.63, 3.8) is 0 Å². The zero-order valence-electron chi connectivity index (χ0n) is 30.6. The van der Waals surface area contributed by atoms with Crippen LogP contribution >= 0.6 is 0 Å². The van der Waals surface area contributed by atoms with Crippen molar-refractivity contribution in [3.8, 4) is 56.8 Å². The fourth-order valence-corrected chi connectivity index (χ4v) is 12.2. The van der Waals surface area contributed by atoms with Gasteiger partial charge in [-0.25, -0.2) is 15.0 Å². The molecule has 1 heterocycles. The first kappa shape index (κ1) is 34.5. The first-order valence-electron chi connectivity index (χ1n) is 18.8. The van der Waals surface area contributed by atoms with Gasteiger partial charge in [0.2, 0.25) is 0 Å². The molecular formula is C51H37N3OSi. The standard InChI is InChI=1S/C51H37N3OSi/c1-6-16-40(17-7-1)49-52-50(41-18-8-2-9-19-41)54-51(53-49)42-28-34-44(35-29-42)55-43-32-26-38(27-33-43)39-30-36-48(37-31-39)56(45-20-10-3-11-21-45,46-22-12-4-13-23-46)47-24-14-5-15-25-47/h1-37H. The molecule has 5 heteroatoms. The summed E-state index contributed by atoms with van der Waals surface area (Å²) in [5.41, 5.74) is 5.04. The van der Waals surface area contributed by atoms with E-state index in [0.29, 0.717) is 17.5 Å². The van der Waals surface area contributed by atoms with Crippen LogP contribution in [0.1, 0.15) is 0 Å². The van der Waals surface area contributed by atoms with E-state index in [2.05, 4.69) is 127 Å². The Labute approximate surface area is 328 Å². The van der Waals surface area contributed by atoms with Crippen LogP contribution in [0.4, 0.5) is 0 Å². The third kappa shape index (κ3) is 6.95. The molecule has 0 aliphatic rings. The SMILES string of the molecule is c1ccc(-c2nc(-c3ccccc3)nc(-c3ccc(Oc4ccc(-c5ccc([Si](c6ccccc6)(c6ccccc6)c6ccccc6)cc5)cc4)cc3)n2)cc1. The molecule has 9 rings (SSSR count). The lowest BCUT2D eigenvalue weighted by Crippen LogP contribution is -2.74. The van der Waals surface area contributed by atoms with Gasteiger partial charge in [-0.2, -0.15) is 0 Å². The molecule has 0 saturated carbocycles. The quantitative estimate of drug-likeness (QED) is 0.104. The van der Waals surface area contributed by atoms with Crippen molar-refractivity contribution in [2.75, 3.05) is 0 Å². The van der Waals surface area contributed by atoms with Gasteiger partial charge in [0, 0.05) is 16.7 Å². The Hall–Kier alpha value is -7.21. The minimum absolute atomic E-state index is 0.607. The number of nitrogens with zero attached hydrogens (tertiary/aromatic N) is 3. The van der Waals surface area contributed by atoms with Gasteiger partial charge in [0.25, 0.3) is 0 Å². The highest BCUT2D eigenvalue weighted by Gasteiger charge is 2.41. The van der Waals surface area contributed by atoms with E-state index in [1.807, 2.05) is 97.1 Å². The van der Waals surface area contributed by atoms with E-state index in [1.54, 1.807) is 0 Å². The highest BCUT2D eigenvalue weighted by molar-refractivity contribution is 7.19. The fourth-order valence-electron chi connectivity index (χ4n) is 7.44. The number of rotatable bonds is 10. The number of hydrogen-bond acceptors (Lipinski definition) is 4. The fraction of sp³-hybridized carbons (Fsp3) is 0. The summed E-state index contributed by atoms with van der Waals surface area (Å²) in [6, 6.07) is 78.4. The van der Waals surface area contributed by atoms with E-state index in [-0.39, 0.29) is 0 Å². The lowest BCUT2D eigenvalue weighted by molar-refractivity contribution is 0.483. The molecule has 8 aromatic carbocycles. The average molecular weight is 736 g/mol. The number of hydrogen-bond donors (Lipinski definition) is 0. The second-order valence-corrected chi connectivity index (χ2v) is 17.4. The zero-order chi connectivity index (χ0) is 37.6. The van der Waals surface area contributed by atoms with Gasteiger partial charge in [-0.3, -0.25) is 0 Å². The van der Waals surface area contributed by atoms with Crippen molar-refractivity contribution < 1.29 is 4.74 Å². The first-order chi connectivity index (χ1) is 27.7. The third-order valence-electron chi connectivity index (χ3n) is 10.2. The average Bonchev–Trinajstić information content (AvgIpc) is 3.29. The van der Waals surface area contributed by atoms with E-state index in [1.165, 1.54) is 20.7 Å². The van der Waals surface area contributed by atoms with Crippen LogP contribution in [-0.4, -0.2) is 23.0 Å². The summed E-state index contributed by atoms with van der Waals surface area (Å²) in [6.07, 6.45) is 0. The second-order valence-electron chi connectivity index (χ2n) is 13.6. The molecule has 0 bridgehead atoms. The number of ether oxygens (including phenoxy) is 1. The van der Waals surface area contributed by atoms with Crippen LogP contribution in [0.25, 0.3) is 45.3 Å². The maximum absolute atomic E-state index is 6.31. The van der Waals surface area contributed by atoms with Gasteiger partial charge in [0.05, 0.1) is 0 Å². The van der Waals surface area contributed by atoms with E-state index >= 15 is 0 Å². The monoisotopic (exact) mass is 735 g/mol. The van der Waals surface area contributed by atoms with Crippen LogP contribution in [-0.2, 0) is 0 Å². The van der Waals surface area contributed by atoms with Crippen molar-refractivity contribution in [1.29, 1.82) is 0 Å². The van der Waals surface area contributed by atoms with E-state index in [4.69, 9.17) is 19.7 Å². The molecule has 0 atom stereocenters. The Morgan fingerprint density at radius 2 is 0.518 bits per heavy atom. The van der Waals surface area contributed by atoms with Crippen molar-refractivity contribution >= 4 is 28.8 Å². The first-order valence-corrected chi connectivity index (χ1v) is 20.8. The van der Waals surface area contributed by atoms with Crippen LogP contribution < -0.4 is 25.5 Å². The van der Waals surface area contributed by atoms with Crippen molar-refractivity contribution in [3.05, 3.63) is 224 Å². The van der Waals surface area contributed by atoms with Gasteiger partial charge in [-0.05, 0) is 68.3 Å². The Morgan fingerprint density at radius 1 is 0.250 bits per heavy atom. The molecule has 56 heavy (non-hydrogen) atoms. The highest BCUT2D eigenvalue weighted by Crippen LogP contribution is 2.29. The molecule has 0 saturated heterocycles. The normalized spacial score (nSPS) is 11.2. The number of aromatic nitrogens is 3. The largest absolute Gasteiger partial charge is 0.457 e. The minimum atomic E-state index is -2.57. The maximum Gasteiger partial charge on any atom is 0.179 e. The summed E-state index contributed by atoms with van der Waals surface area (Å²) >= 11 is 0. The Bertz CT molecular complexity index is 2500. The summed E-state index contributed by atoms with van der Waals surface area (Å²) in [5.74, 6) is 3.37. The van der Waals surface area contributed by atoms with Crippen LogP contribution in [0, 0.1) is 0 Å². The summed E-state index contributed by atoms with van der Waals surface area (Å²) < 4.78 is 6.31. The topological polar surface area (TPSA) is 47.9 Å². The molecule has 0 fully saturated rings. The lowest BCUT2D eigenvalue weighted by atomic mass is 10.1. The molecule has 4 nitrogen and oxygen atoms in total. The molecule has 0 aliphatic heterocycles. The molecule has 0 N–H and O–H groups in total. The molecule has 0 radical (unpaired) electrons. The van der Waals surface area contributed by atoms with Crippen molar-refractivity contribution in [2.45, 2.75) is 0 Å². The van der Waals surface area contributed by atoms with Crippen LogP contribution in [0.3, 0.4) is 0 Å². The predicted molar refractivity (Wildman–Crippen MR) is 232 cm³/mol. The second kappa shape index (κ2) is 15.6. The van der Waals surface area contributed by atoms with E-state index < -0.39 is 8.07 Å². The summed E-state index contributed by atoms with van der Waals surface area (Å²) in [6.45, 7) is 0. The van der Waals surface area contributed by atoms with Gasteiger partial charge in [-0.15, -0.1) is 0 Å². The Kier molecular flexibility index (Phi) is 9.65. The molecule has 1 aromatic heterocycles. The molecule has 0 unspecified atom stereocenters. The molecule has 0 amide bonds. The van der Waals surface area contributed by atoms with Crippen LogP contribution in [0.5, 0.6) is 11.5 Å². The third-order valence-corrected chi connectivity index (χ3v) is 15.0. The molecule has 0 spiro atoms. The van der Waals surface area contributed by atoms with Gasteiger partial charge in [0.15, 0.2) is 25.5 Å².